The summed E-state index contributed by atoms with van der Waals surface area (Å²) in [6.07, 6.45) is 0.967. The molecule has 0 bridgehead atoms. The number of piperazine rings is 1. The average Bonchev–Trinajstić information content (AvgIpc) is 3.24. The zero-order chi connectivity index (χ0) is 20.9. The monoisotopic (exact) mass is 411 g/mol. The van der Waals surface area contributed by atoms with E-state index < -0.39 is 0 Å². The molecule has 2 aromatic carbocycles. The van der Waals surface area contributed by atoms with Crippen LogP contribution in [0, 0.1) is 5.82 Å². The van der Waals surface area contributed by atoms with Gasteiger partial charge in [-0.05, 0) is 52.4 Å². The number of anilines is 1. The van der Waals surface area contributed by atoms with Gasteiger partial charge in [-0.1, -0.05) is 19.1 Å². The fraction of sp³-hybridized carbons (Fsp3) is 0.409. The molecule has 1 aromatic heterocycles. The molecule has 1 aliphatic heterocycles. The minimum absolute atomic E-state index is 0.197. The summed E-state index contributed by atoms with van der Waals surface area (Å²) in [6.45, 7) is 6.67. The molecule has 0 spiro atoms. The Morgan fingerprint density at radius 1 is 1.07 bits per heavy atom. The third-order valence-electron chi connectivity index (χ3n) is 5.86. The first-order valence-electron chi connectivity index (χ1n) is 10.4. The minimum atomic E-state index is -0.197. The largest absolute Gasteiger partial charge is 0.497 e. The molecular weight excluding hydrogens is 383 g/mol. The highest BCUT2D eigenvalue weighted by molar-refractivity contribution is 5.46. The zero-order valence-electron chi connectivity index (χ0n) is 17.5. The molecule has 0 saturated carbocycles. The summed E-state index contributed by atoms with van der Waals surface area (Å²) in [7, 11) is 1.67. The molecule has 0 unspecified atom stereocenters. The van der Waals surface area contributed by atoms with Crippen LogP contribution in [-0.2, 0) is 6.54 Å². The Labute approximate surface area is 176 Å². The average molecular weight is 412 g/mol. The number of hydrogen-bond donors (Lipinski definition) is 1. The highest BCUT2D eigenvalue weighted by Gasteiger charge is 2.31. The Hall–Kier alpha value is -3.00. The van der Waals surface area contributed by atoms with Crippen molar-refractivity contribution >= 4 is 5.69 Å². The number of aromatic nitrogens is 4. The van der Waals surface area contributed by atoms with E-state index >= 15 is 0 Å². The number of ether oxygens (including phenoxy) is 1. The predicted molar refractivity (Wildman–Crippen MR) is 112 cm³/mol. The van der Waals surface area contributed by atoms with Gasteiger partial charge >= 0.3 is 0 Å². The molecule has 30 heavy (non-hydrogen) atoms. The highest BCUT2D eigenvalue weighted by Crippen LogP contribution is 2.17. The van der Waals surface area contributed by atoms with Crippen LogP contribution in [0.2, 0.25) is 0 Å². The molecule has 3 aromatic rings. The van der Waals surface area contributed by atoms with Gasteiger partial charge in [-0.2, -0.15) is 0 Å². The molecule has 0 amide bonds. The molecule has 2 heterocycles. The first-order valence-corrected chi connectivity index (χ1v) is 10.4. The third-order valence-corrected chi connectivity index (χ3v) is 5.86. The van der Waals surface area contributed by atoms with Crippen molar-refractivity contribution in [3.63, 3.8) is 0 Å². The summed E-state index contributed by atoms with van der Waals surface area (Å²) < 4.78 is 20.4. The normalized spacial score (nSPS) is 15.9. The standard InChI is InChI=1S/C22H27FN6O/c1-3-21(28-14-12-27(13-15-28)19-8-6-18(23)7-9-19)22-24-25-26-29(22)16-17-4-10-20(30-2)11-5-17/h4-11,21H,3,12-16H2,1-2H3/p+1/t21-/m0/s1. The maximum atomic E-state index is 13.2. The van der Waals surface area contributed by atoms with E-state index in [9.17, 15) is 4.39 Å². The van der Waals surface area contributed by atoms with Crippen LogP contribution >= 0.6 is 0 Å². The molecule has 0 aliphatic carbocycles. The summed E-state index contributed by atoms with van der Waals surface area (Å²) in [5, 5.41) is 12.6. The van der Waals surface area contributed by atoms with Crippen molar-refractivity contribution in [2.75, 3.05) is 38.2 Å². The Balaban J connectivity index is 1.43. The van der Waals surface area contributed by atoms with Gasteiger partial charge in [0.1, 0.15) is 17.6 Å². The zero-order valence-corrected chi connectivity index (χ0v) is 17.5. The molecule has 1 fully saturated rings. The van der Waals surface area contributed by atoms with Gasteiger partial charge < -0.3 is 14.5 Å². The van der Waals surface area contributed by atoms with E-state index in [4.69, 9.17) is 4.74 Å². The van der Waals surface area contributed by atoms with Crippen molar-refractivity contribution in [1.82, 2.24) is 20.2 Å². The minimum Gasteiger partial charge on any atom is -0.497 e. The Bertz CT molecular complexity index is 935. The quantitative estimate of drug-likeness (QED) is 0.642. The fourth-order valence-electron chi connectivity index (χ4n) is 4.18. The number of hydrogen-bond acceptors (Lipinski definition) is 5. The molecule has 1 saturated heterocycles. The van der Waals surface area contributed by atoms with Crippen molar-refractivity contribution in [2.24, 2.45) is 0 Å². The number of tetrazole rings is 1. The Morgan fingerprint density at radius 2 is 1.77 bits per heavy atom. The lowest BCUT2D eigenvalue weighted by Crippen LogP contribution is -3.15. The van der Waals surface area contributed by atoms with Crippen LogP contribution in [0.3, 0.4) is 0 Å². The fourth-order valence-corrected chi connectivity index (χ4v) is 4.18. The van der Waals surface area contributed by atoms with Gasteiger partial charge in [0.2, 0.25) is 5.82 Å². The number of halogens is 1. The van der Waals surface area contributed by atoms with Gasteiger partial charge in [-0.15, -0.1) is 5.10 Å². The van der Waals surface area contributed by atoms with Crippen molar-refractivity contribution in [2.45, 2.75) is 25.9 Å². The van der Waals surface area contributed by atoms with Gasteiger partial charge in [0.25, 0.3) is 0 Å². The molecule has 8 heteroatoms. The van der Waals surface area contributed by atoms with Crippen LogP contribution in [0.1, 0.15) is 30.8 Å². The van der Waals surface area contributed by atoms with Gasteiger partial charge in [-0.25, -0.2) is 9.07 Å². The molecule has 1 aliphatic rings. The van der Waals surface area contributed by atoms with Crippen LogP contribution in [0.25, 0.3) is 0 Å². The van der Waals surface area contributed by atoms with Crippen LogP contribution in [0.5, 0.6) is 5.75 Å². The topological polar surface area (TPSA) is 60.5 Å². The summed E-state index contributed by atoms with van der Waals surface area (Å²) in [5.41, 5.74) is 2.21. The second kappa shape index (κ2) is 9.21. The second-order valence-corrected chi connectivity index (χ2v) is 7.63. The smallest absolute Gasteiger partial charge is 0.209 e. The second-order valence-electron chi connectivity index (χ2n) is 7.63. The predicted octanol–water partition coefficient (Wildman–Crippen LogP) is 1.73. The SMILES string of the molecule is CC[C@@H](c1nnnn1Cc1ccc(OC)cc1)[NH+]1CCN(c2ccc(F)cc2)CC1. The lowest BCUT2D eigenvalue weighted by atomic mass is 10.1. The van der Waals surface area contributed by atoms with Gasteiger partial charge in [0.05, 0.1) is 39.8 Å². The number of nitrogens with one attached hydrogen (secondary N) is 1. The molecular formula is C22H28FN6O+. The van der Waals surface area contributed by atoms with Crippen molar-refractivity contribution in [3.05, 3.63) is 65.7 Å². The Morgan fingerprint density at radius 3 is 2.40 bits per heavy atom. The van der Waals surface area contributed by atoms with Crippen LogP contribution in [0.15, 0.2) is 48.5 Å². The molecule has 4 rings (SSSR count). The maximum Gasteiger partial charge on any atom is 0.209 e. The summed E-state index contributed by atoms with van der Waals surface area (Å²) in [4.78, 5) is 3.80. The van der Waals surface area contributed by atoms with Gasteiger partial charge in [-0.3, -0.25) is 0 Å². The van der Waals surface area contributed by atoms with E-state index in [1.165, 1.54) is 17.0 Å². The third kappa shape index (κ3) is 4.43. The van der Waals surface area contributed by atoms with Gasteiger partial charge in [0, 0.05) is 12.1 Å². The van der Waals surface area contributed by atoms with E-state index in [-0.39, 0.29) is 11.9 Å². The van der Waals surface area contributed by atoms with E-state index in [1.54, 1.807) is 7.11 Å². The number of quaternary nitrogens is 1. The van der Waals surface area contributed by atoms with E-state index in [0.29, 0.717) is 6.54 Å². The first kappa shape index (κ1) is 20.3. The molecule has 7 nitrogen and oxygen atoms in total. The number of rotatable bonds is 7. The lowest BCUT2D eigenvalue weighted by Gasteiger charge is -2.36. The molecule has 0 radical (unpaired) electrons. The highest BCUT2D eigenvalue weighted by atomic mass is 19.1. The number of nitrogens with zero attached hydrogens (tertiary/aromatic N) is 5. The maximum absolute atomic E-state index is 13.2. The van der Waals surface area contributed by atoms with Gasteiger partial charge in [0.15, 0.2) is 0 Å². The number of methoxy groups -OCH3 is 1. The van der Waals surface area contributed by atoms with Crippen molar-refractivity contribution in [3.8, 4) is 5.75 Å². The summed E-state index contributed by atoms with van der Waals surface area (Å²) in [5.74, 6) is 1.57. The molecule has 158 valence electrons. The van der Waals surface area contributed by atoms with Crippen molar-refractivity contribution in [1.29, 1.82) is 0 Å². The van der Waals surface area contributed by atoms with Crippen LogP contribution in [0.4, 0.5) is 10.1 Å². The Kier molecular flexibility index (Phi) is 6.23. The lowest BCUT2D eigenvalue weighted by molar-refractivity contribution is -0.933. The van der Waals surface area contributed by atoms with E-state index in [2.05, 4.69) is 27.3 Å². The van der Waals surface area contributed by atoms with Crippen molar-refractivity contribution < 1.29 is 14.0 Å². The molecule has 1 atom stereocenters. The summed E-state index contributed by atoms with van der Waals surface area (Å²) in [6, 6.07) is 15.0. The molecule has 1 N–H and O–H groups in total. The van der Waals surface area contributed by atoms with E-state index in [0.717, 1.165) is 55.4 Å². The van der Waals surface area contributed by atoms with Crippen LogP contribution < -0.4 is 14.5 Å². The van der Waals surface area contributed by atoms with Crippen LogP contribution in [-0.4, -0.2) is 53.5 Å². The van der Waals surface area contributed by atoms with E-state index in [1.807, 2.05) is 41.1 Å². The number of benzene rings is 2. The first-order chi connectivity index (χ1) is 14.7. The summed E-state index contributed by atoms with van der Waals surface area (Å²) >= 11 is 0.